The molecule has 0 aromatic heterocycles. The van der Waals surface area contributed by atoms with Crippen LogP contribution in [0.4, 0.5) is 11.4 Å². The van der Waals surface area contributed by atoms with E-state index in [4.69, 9.17) is 0 Å². The molecule has 8 nitrogen and oxygen atoms in total. The Morgan fingerprint density at radius 2 is 1.70 bits per heavy atom. The van der Waals surface area contributed by atoms with Gasteiger partial charge in [-0.25, -0.2) is 21.1 Å². The average Bonchev–Trinajstić information content (AvgIpc) is 2.59. The molecule has 1 aromatic carbocycles. The van der Waals surface area contributed by atoms with Crippen LogP contribution in [0.5, 0.6) is 0 Å². The maximum Gasteiger partial charge on any atom is 0.232 e. The quantitative estimate of drug-likeness (QED) is 0.790. The van der Waals surface area contributed by atoms with Gasteiger partial charge in [0.25, 0.3) is 0 Å². The van der Waals surface area contributed by atoms with Crippen LogP contribution in [0.25, 0.3) is 0 Å². The first-order valence-corrected chi connectivity index (χ1v) is 12.6. The summed E-state index contributed by atoms with van der Waals surface area (Å²) < 4.78 is 50.0. The standard InChI is InChI=1S/C17H25N3O5S2/c1-26(22,23)19-10-7-14(8-11-19)17(21)18-15-6-5-13-4-3-9-20(16(13)12-15)27(2,24)25/h5-6,12,14H,3-4,7-11H2,1-2H3,(H,18,21). The number of hydrogen-bond acceptors (Lipinski definition) is 5. The minimum Gasteiger partial charge on any atom is -0.326 e. The number of carbonyl (C=O) groups excluding carboxylic acids is 1. The molecule has 0 atom stereocenters. The highest BCUT2D eigenvalue weighted by atomic mass is 32.2. The topological polar surface area (TPSA) is 104 Å². The Balaban J connectivity index is 1.71. The van der Waals surface area contributed by atoms with Gasteiger partial charge in [-0.2, -0.15) is 0 Å². The molecule has 10 heteroatoms. The number of hydrogen-bond donors (Lipinski definition) is 1. The predicted molar refractivity (Wildman–Crippen MR) is 105 cm³/mol. The molecule has 0 bridgehead atoms. The first kappa shape index (κ1) is 20.1. The molecule has 2 aliphatic rings. The van der Waals surface area contributed by atoms with Crippen LogP contribution in [0.2, 0.25) is 0 Å². The Kier molecular flexibility index (Phi) is 5.51. The SMILES string of the molecule is CS(=O)(=O)N1CCC(C(=O)Nc2ccc3c(c2)N(S(C)(=O)=O)CCC3)CC1. The van der Waals surface area contributed by atoms with Crippen molar-refractivity contribution in [3.05, 3.63) is 23.8 Å². The first-order valence-electron chi connectivity index (χ1n) is 8.92. The Morgan fingerprint density at radius 3 is 2.30 bits per heavy atom. The molecule has 3 rings (SSSR count). The lowest BCUT2D eigenvalue weighted by Gasteiger charge is -2.30. The van der Waals surface area contributed by atoms with Gasteiger partial charge in [-0.3, -0.25) is 9.10 Å². The Bertz CT molecular complexity index is 935. The molecule has 0 unspecified atom stereocenters. The second kappa shape index (κ2) is 7.40. The van der Waals surface area contributed by atoms with E-state index in [2.05, 4.69) is 5.32 Å². The second-order valence-electron chi connectivity index (χ2n) is 7.21. The molecule has 1 N–H and O–H groups in total. The van der Waals surface area contributed by atoms with Gasteiger partial charge in [0.2, 0.25) is 26.0 Å². The van der Waals surface area contributed by atoms with Crippen molar-refractivity contribution >= 4 is 37.3 Å². The molecule has 0 spiro atoms. The summed E-state index contributed by atoms with van der Waals surface area (Å²) in [4.78, 5) is 12.6. The number of nitrogens with zero attached hydrogens (tertiary/aromatic N) is 2. The molecule has 2 aliphatic heterocycles. The number of sulfonamides is 2. The third-order valence-electron chi connectivity index (χ3n) is 5.12. The first-order chi connectivity index (χ1) is 12.6. The zero-order chi connectivity index (χ0) is 19.8. The molecule has 0 radical (unpaired) electrons. The highest BCUT2D eigenvalue weighted by Crippen LogP contribution is 2.32. The van der Waals surface area contributed by atoms with E-state index in [9.17, 15) is 21.6 Å². The van der Waals surface area contributed by atoms with E-state index in [1.165, 1.54) is 21.1 Å². The van der Waals surface area contributed by atoms with E-state index in [0.29, 0.717) is 43.9 Å². The normalized spacial score (nSPS) is 19.6. The number of rotatable bonds is 4. The summed E-state index contributed by atoms with van der Waals surface area (Å²) in [5.41, 5.74) is 2.12. The number of piperidine rings is 1. The molecule has 1 fully saturated rings. The van der Waals surface area contributed by atoms with Crippen LogP contribution in [0.1, 0.15) is 24.8 Å². The van der Waals surface area contributed by atoms with Crippen LogP contribution < -0.4 is 9.62 Å². The third kappa shape index (κ3) is 4.61. The molecular weight excluding hydrogens is 390 g/mol. The van der Waals surface area contributed by atoms with Crippen molar-refractivity contribution in [1.29, 1.82) is 0 Å². The highest BCUT2D eigenvalue weighted by Gasteiger charge is 2.29. The van der Waals surface area contributed by atoms with Crippen molar-refractivity contribution in [1.82, 2.24) is 4.31 Å². The summed E-state index contributed by atoms with van der Waals surface area (Å²) in [5, 5.41) is 2.86. The maximum atomic E-state index is 12.6. The monoisotopic (exact) mass is 415 g/mol. The van der Waals surface area contributed by atoms with Gasteiger partial charge in [-0.05, 0) is 43.4 Å². The predicted octanol–water partition coefficient (Wildman–Crippen LogP) is 1.01. The fourth-order valence-corrected chi connectivity index (χ4v) is 5.52. The Morgan fingerprint density at radius 1 is 1.04 bits per heavy atom. The summed E-state index contributed by atoms with van der Waals surface area (Å²) in [6, 6.07) is 5.35. The molecule has 27 heavy (non-hydrogen) atoms. The number of nitrogens with one attached hydrogen (secondary N) is 1. The van der Waals surface area contributed by atoms with Crippen molar-refractivity contribution in [3.63, 3.8) is 0 Å². The van der Waals surface area contributed by atoms with Crippen molar-refractivity contribution < 1.29 is 21.6 Å². The van der Waals surface area contributed by atoms with Gasteiger partial charge in [0.05, 0.1) is 18.2 Å². The van der Waals surface area contributed by atoms with Gasteiger partial charge >= 0.3 is 0 Å². The van der Waals surface area contributed by atoms with Crippen molar-refractivity contribution in [2.75, 3.05) is 41.8 Å². The molecule has 0 aliphatic carbocycles. The summed E-state index contributed by atoms with van der Waals surface area (Å²) in [6.07, 6.45) is 4.87. The number of aryl methyl sites for hydroxylation is 1. The van der Waals surface area contributed by atoms with Crippen LogP contribution in [-0.4, -0.2) is 59.2 Å². The molecule has 150 valence electrons. The smallest absolute Gasteiger partial charge is 0.232 e. The molecular formula is C17H25N3O5S2. The summed E-state index contributed by atoms with van der Waals surface area (Å²) in [5.74, 6) is -0.421. The average molecular weight is 416 g/mol. The van der Waals surface area contributed by atoms with E-state index in [1.807, 2.05) is 6.07 Å². The molecule has 1 aromatic rings. The van der Waals surface area contributed by atoms with E-state index in [1.54, 1.807) is 12.1 Å². The largest absolute Gasteiger partial charge is 0.326 e. The summed E-state index contributed by atoms with van der Waals surface area (Å²) in [6.45, 7) is 1.11. The number of carbonyl (C=O) groups is 1. The number of fused-ring (bicyclic) bond motifs is 1. The number of anilines is 2. The Hall–Kier alpha value is -1.65. The molecule has 2 heterocycles. The fraction of sp³-hybridized carbons (Fsp3) is 0.588. The van der Waals surface area contributed by atoms with Crippen LogP contribution in [0, 0.1) is 5.92 Å². The summed E-state index contributed by atoms with van der Waals surface area (Å²) in [7, 11) is -6.59. The minimum atomic E-state index is -3.37. The third-order valence-corrected chi connectivity index (χ3v) is 7.61. The number of amides is 1. The van der Waals surface area contributed by atoms with Gasteiger partial charge in [0.15, 0.2) is 0 Å². The summed E-state index contributed by atoms with van der Waals surface area (Å²) >= 11 is 0. The lowest BCUT2D eigenvalue weighted by Crippen LogP contribution is -2.41. The van der Waals surface area contributed by atoms with Gasteiger partial charge in [-0.15, -0.1) is 0 Å². The lowest BCUT2D eigenvalue weighted by molar-refractivity contribution is -0.120. The molecule has 1 amide bonds. The maximum absolute atomic E-state index is 12.6. The van der Waals surface area contributed by atoms with Gasteiger partial charge < -0.3 is 5.32 Å². The zero-order valence-corrected chi connectivity index (χ0v) is 17.1. The van der Waals surface area contributed by atoms with E-state index < -0.39 is 20.0 Å². The van der Waals surface area contributed by atoms with E-state index in [0.717, 1.165) is 18.4 Å². The van der Waals surface area contributed by atoms with Crippen LogP contribution >= 0.6 is 0 Å². The van der Waals surface area contributed by atoms with Crippen molar-refractivity contribution in [2.24, 2.45) is 5.92 Å². The second-order valence-corrected chi connectivity index (χ2v) is 11.1. The van der Waals surface area contributed by atoms with E-state index >= 15 is 0 Å². The lowest BCUT2D eigenvalue weighted by atomic mass is 9.97. The number of benzene rings is 1. The van der Waals surface area contributed by atoms with Gasteiger partial charge in [0, 0.05) is 31.2 Å². The zero-order valence-electron chi connectivity index (χ0n) is 15.5. The van der Waals surface area contributed by atoms with E-state index in [-0.39, 0.29) is 11.8 Å². The molecule has 0 saturated carbocycles. The van der Waals surface area contributed by atoms with Gasteiger partial charge in [-0.1, -0.05) is 6.07 Å². The highest BCUT2D eigenvalue weighted by molar-refractivity contribution is 7.92. The van der Waals surface area contributed by atoms with Crippen molar-refractivity contribution in [3.8, 4) is 0 Å². The van der Waals surface area contributed by atoms with Crippen LogP contribution in [0.3, 0.4) is 0 Å². The molecule has 1 saturated heterocycles. The minimum absolute atomic E-state index is 0.162. The Labute approximate surface area is 160 Å². The van der Waals surface area contributed by atoms with Crippen LogP contribution in [-0.2, 0) is 31.3 Å². The van der Waals surface area contributed by atoms with Crippen LogP contribution in [0.15, 0.2) is 18.2 Å². The van der Waals surface area contributed by atoms with Gasteiger partial charge in [0.1, 0.15) is 0 Å². The fourth-order valence-electron chi connectivity index (χ4n) is 3.66. The van der Waals surface area contributed by atoms with Crippen molar-refractivity contribution in [2.45, 2.75) is 25.7 Å².